The van der Waals surface area contributed by atoms with Crippen LogP contribution in [0, 0.1) is 21.7 Å². The predicted octanol–water partition coefficient (Wildman–Crippen LogP) is 1.77. The number of carbonyl (C=O) groups excluding carboxylic acids is 2. The van der Waals surface area contributed by atoms with Crippen molar-refractivity contribution in [3.63, 3.8) is 0 Å². The first kappa shape index (κ1) is 16.5. The molecule has 0 spiro atoms. The van der Waals surface area contributed by atoms with Crippen molar-refractivity contribution in [3.8, 4) is 5.75 Å². The number of hydrogen-bond donors (Lipinski definition) is 0. The Bertz CT molecular complexity index is 575. The van der Waals surface area contributed by atoms with Crippen LogP contribution in [0.3, 0.4) is 0 Å². The zero-order valence-corrected chi connectivity index (χ0v) is 10.9. The molecule has 0 aliphatic heterocycles. The van der Waals surface area contributed by atoms with E-state index in [1.54, 1.807) is 6.92 Å². The van der Waals surface area contributed by atoms with E-state index >= 15 is 0 Å². The van der Waals surface area contributed by atoms with Crippen LogP contribution in [0.25, 0.3) is 0 Å². The summed E-state index contributed by atoms with van der Waals surface area (Å²) in [4.78, 5) is 31.6. The third-order valence-electron chi connectivity index (χ3n) is 2.23. The smallest absolute Gasteiger partial charge is 0.313 e. The Hall–Kier alpha value is -2.58. The lowest BCUT2D eigenvalue weighted by atomic mass is 10.2. The number of benzene rings is 1. The lowest BCUT2D eigenvalue weighted by Crippen LogP contribution is -2.17. The molecular formula is C12H11F2NO6. The largest absolute Gasteiger partial charge is 0.483 e. The summed E-state index contributed by atoms with van der Waals surface area (Å²) in [5.74, 6) is -4.61. The van der Waals surface area contributed by atoms with Gasteiger partial charge in [0.1, 0.15) is 13.0 Å². The van der Waals surface area contributed by atoms with E-state index in [1.807, 2.05) is 0 Å². The van der Waals surface area contributed by atoms with E-state index in [9.17, 15) is 28.5 Å². The Morgan fingerprint density at radius 1 is 1.29 bits per heavy atom. The molecule has 0 fully saturated rings. The minimum atomic E-state index is -1.30. The molecule has 1 rings (SSSR count). The maximum Gasteiger partial charge on any atom is 0.313 e. The fourth-order valence-electron chi connectivity index (χ4n) is 1.35. The Balaban J connectivity index is 2.68. The number of ether oxygens (including phenoxy) is 2. The van der Waals surface area contributed by atoms with Gasteiger partial charge in [0.2, 0.25) is 5.82 Å². The highest BCUT2D eigenvalue weighted by Crippen LogP contribution is 2.26. The van der Waals surface area contributed by atoms with E-state index in [1.165, 1.54) is 0 Å². The number of hydrogen-bond acceptors (Lipinski definition) is 6. The summed E-state index contributed by atoms with van der Waals surface area (Å²) in [5.41, 5.74) is -1.04. The molecule has 7 nitrogen and oxygen atoms in total. The standard InChI is InChI=1S/C12H11F2NO6/c1-2-20-12(17)3-7(16)6-21-11-5-8(13)10(15(18)19)4-9(11)14/h4-5H,2-3,6H2,1H3. The normalized spacial score (nSPS) is 10.0. The number of Topliss-reactive ketones (excluding diaryl/α,β-unsaturated/α-hetero) is 1. The van der Waals surface area contributed by atoms with Crippen molar-refractivity contribution >= 4 is 17.4 Å². The maximum atomic E-state index is 13.4. The van der Waals surface area contributed by atoms with Gasteiger partial charge in [-0.1, -0.05) is 0 Å². The van der Waals surface area contributed by atoms with Gasteiger partial charge in [-0.3, -0.25) is 19.7 Å². The summed E-state index contributed by atoms with van der Waals surface area (Å²) >= 11 is 0. The minimum absolute atomic E-state index is 0.106. The Kier molecular flexibility index (Phi) is 5.70. The van der Waals surface area contributed by atoms with E-state index < -0.39 is 52.8 Å². The highest BCUT2D eigenvalue weighted by atomic mass is 19.1. The van der Waals surface area contributed by atoms with Crippen LogP contribution in [0.4, 0.5) is 14.5 Å². The van der Waals surface area contributed by atoms with Crippen LogP contribution in [0.5, 0.6) is 5.75 Å². The van der Waals surface area contributed by atoms with Crippen LogP contribution in [-0.4, -0.2) is 29.9 Å². The van der Waals surface area contributed by atoms with Gasteiger partial charge in [-0.15, -0.1) is 0 Å². The molecule has 0 atom stereocenters. The Labute approximate surface area is 117 Å². The van der Waals surface area contributed by atoms with E-state index in [-0.39, 0.29) is 6.61 Å². The molecule has 114 valence electrons. The molecule has 21 heavy (non-hydrogen) atoms. The number of nitro benzene ring substituents is 1. The van der Waals surface area contributed by atoms with Crippen molar-refractivity contribution in [2.45, 2.75) is 13.3 Å². The van der Waals surface area contributed by atoms with Crippen molar-refractivity contribution < 1.29 is 32.8 Å². The van der Waals surface area contributed by atoms with Gasteiger partial charge in [0, 0.05) is 6.07 Å². The molecule has 0 aromatic heterocycles. The van der Waals surface area contributed by atoms with E-state index in [0.717, 1.165) is 0 Å². The maximum absolute atomic E-state index is 13.4. The summed E-state index contributed by atoms with van der Waals surface area (Å²) in [7, 11) is 0. The zero-order valence-electron chi connectivity index (χ0n) is 10.9. The molecule has 0 bridgehead atoms. The van der Waals surface area contributed by atoms with Crippen molar-refractivity contribution in [2.24, 2.45) is 0 Å². The van der Waals surface area contributed by atoms with Crippen LogP contribution in [0.15, 0.2) is 12.1 Å². The number of halogens is 2. The molecule has 1 aromatic carbocycles. The second-order valence-electron chi connectivity index (χ2n) is 3.80. The van der Waals surface area contributed by atoms with Crippen molar-refractivity contribution in [2.75, 3.05) is 13.2 Å². The highest BCUT2D eigenvalue weighted by molar-refractivity contribution is 5.96. The summed E-state index contributed by atoms with van der Waals surface area (Å²) in [6, 6.07) is 0.811. The van der Waals surface area contributed by atoms with E-state index in [4.69, 9.17) is 4.74 Å². The van der Waals surface area contributed by atoms with Crippen molar-refractivity contribution in [3.05, 3.63) is 33.9 Å². The molecule has 0 aliphatic carbocycles. The van der Waals surface area contributed by atoms with Gasteiger partial charge in [0.15, 0.2) is 17.3 Å². The second-order valence-corrected chi connectivity index (χ2v) is 3.80. The van der Waals surface area contributed by atoms with Gasteiger partial charge in [0.25, 0.3) is 0 Å². The lowest BCUT2D eigenvalue weighted by molar-refractivity contribution is -0.387. The molecule has 0 aliphatic rings. The monoisotopic (exact) mass is 303 g/mol. The average molecular weight is 303 g/mol. The number of ketones is 1. The number of nitrogens with zero attached hydrogens (tertiary/aromatic N) is 1. The fraction of sp³-hybridized carbons (Fsp3) is 0.333. The van der Waals surface area contributed by atoms with Gasteiger partial charge in [-0.05, 0) is 6.92 Å². The Morgan fingerprint density at radius 3 is 2.52 bits per heavy atom. The molecule has 0 amide bonds. The van der Waals surface area contributed by atoms with Gasteiger partial charge in [0.05, 0.1) is 17.6 Å². The van der Waals surface area contributed by atoms with Gasteiger partial charge in [-0.2, -0.15) is 4.39 Å². The lowest BCUT2D eigenvalue weighted by Gasteiger charge is -2.07. The first-order chi connectivity index (χ1) is 9.85. The number of rotatable bonds is 7. The number of carbonyl (C=O) groups is 2. The average Bonchev–Trinajstić information content (AvgIpc) is 2.39. The zero-order chi connectivity index (χ0) is 16.0. The minimum Gasteiger partial charge on any atom is -0.483 e. The van der Waals surface area contributed by atoms with Crippen LogP contribution in [0.1, 0.15) is 13.3 Å². The molecule has 0 heterocycles. The topological polar surface area (TPSA) is 95.7 Å². The summed E-state index contributed by atoms with van der Waals surface area (Å²) in [6.45, 7) is 0.982. The first-order valence-electron chi connectivity index (χ1n) is 5.78. The quantitative estimate of drug-likeness (QED) is 0.330. The first-order valence-corrected chi connectivity index (χ1v) is 5.78. The van der Waals surface area contributed by atoms with Crippen molar-refractivity contribution in [1.29, 1.82) is 0 Å². The number of nitro groups is 1. The summed E-state index contributed by atoms with van der Waals surface area (Å²) in [5, 5.41) is 10.4. The van der Waals surface area contributed by atoms with Gasteiger partial charge < -0.3 is 9.47 Å². The number of esters is 1. The van der Waals surface area contributed by atoms with Gasteiger partial charge >= 0.3 is 11.7 Å². The van der Waals surface area contributed by atoms with E-state index in [2.05, 4.69) is 4.74 Å². The van der Waals surface area contributed by atoms with Crippen LogP contribution >= 0.6 is 0 Å². The van der Waals surface area contributed by atoms with Crippen LogP contribution in [0.2, 0.25) is 0 Å². The van der Waals surface area contributed by atoms with Crippen molar-refractivity contribution in [1.82, 2.24) is 0 Å². The molecular weight excluding hydrogens is 292 g/mol. The molecule has 0 saturated heterocycles. The molecule has 9 heteroatoms. The molecule has 0 unspecified atom stereocenters. The molecule has 0 saturated carbocycles. The molecule has 0 radical (unpaired) electrons. The summed E-state index contributed by atoms with van der Waals surface area (Å²) < 4.78 is 35.9. The van der Waals surface area contributed by atoms with E-state index in [0.29, 0.717) is 12.1 Å². The molecule has 0 N–H and O–H groups in total. The van der Waals surface area contributed by atoms with Gasteiger partial charge in [-0.25, -0.2) is 4.39 Å². The highest BCUT2D eigenvalue weighted by Gasteiger charge is 2.20. The third kappa shape index (κ3) is 4.79. The summed E-state index contributed by atoms with van der Waals surface area (Å²) in [6.07, 6.45) is -0.565. The second kappa shape index (κ2) is 7.27. The predicted molar refractivity (Wildman–Crippen MR) is 64.8 cm³/mol. The SMILES string of the molecule is CCOC(=O)CC(=O)COc1cc(F)c([N+](=O)[O-])cc1F. The van der Waals surface area contributed by atoms with Crippen LogP contribution in [-0.2, 0) is 14.3 Å². The van der Waals surface area contributed by atoms with Crippen LogP contribution < -0.4 is 4.74 Å². The fourth-order valence-corrected chi connectivity index (χ4v) is 1.35. The Morgan fingerprint density at radius 2 is 1.95 bits per heavy atom. The third-order valence-corrected chi connectivity index (χ3v) is 2.23. The molecule has 1 aromatic rings.